The third-order valence-electron chi connectivity index (χ3n) is 2.83. The first kappa shape index (κ1) is 12.9. The first-order valence-electron chi connectivity index (χ1n) is 6.29. The fourth-order valence-corrected chi connectivity index (χ4v) is 2.04. The van der Waals surface area contributed by atoms with Crippen molar-refractivity contribution in [2.24, 2.45) is 0 Å². The van der Waals surface area contributed by atoms with E-state index in [1.807, 2.05) is 18.2 Å². The van der Waals surface area contributed by atoms with E-state index in [-0.39, 0.29) is 12.2 Å². The Morgan fingerprint density at radius 2 is 2.18 bits per heavy atom. The van der Waals surface area contributed by atoms with Gasteiger partial charge in [-0.1, -0.05) is 23.7 Å². The summed E-state index contributed by atoms with van der Waals surface area (Å²) in [6, 6.07) is 8.64. The zero-order valence-corrected chi connectivity index (χ0v) is 11.2. The maximum atomic E-state index is 6.02. The Bertz CT molecular complexity index is 363. The van der Waals surface area contributed by atoms with Gasteiger partial charge in [-0.25, -0.2) is 0 Å². The summed E-state index contributed by atoms with van der Waals surface area (Å²) in [5.41, 5.74) is 1.15. The van der Waals surface area contributed by atoms with Crippen molar-refractivity contribution in [3.8, 4) is 0 Å². The summed E-state index contributed by atoms with van der Waals surface area (Å²) in [4.78, 5) is 0. The first-order chi connectivity index (χ1) is 8.15. The molecule has 0 saturated heterocycles. The van der Waals surface area contributed by atoms with Crippen molar-refractivity contribution in [2.45, 2.75) is 44.9 Å². The normalized spacial score (nSPS) is 17.4. The van der Waals surface area contributed by atoms with Gasteiger partial charge in [0.2, 0.25) is 0 Å². The second-order valence-corrected chi connectivity index (χ2v) is 5.35. The van der Waals surface area contributed by atoms with E-state index in [0.717, 1.165) is 17.1 Å². The molecule has 1 atom stereocenters. The van der Waals surface area contributed by atoms with Gasteiger partial charge in [0.05, 0.1) is 12.2 Å². The second kappa shape index (κ2) is 5.85. The number of ether oxygens (including phenoxy) is 1. The molecule has 1 unspecified atom stereocenters. The summed E-state index contributed by atoms with van der Waals surface area (Å²) in [5.74, 6) is 0. The Morgan fingerprint density at radius 3 is 2.76 bits per heavy atom. The van der Waals surface area contributed by atoms with Crippen LogP contribution >= 0.6 is 11.6 Å². The lowest BCUT2D eigenvalue weighted by molar-refractivity contribution is 0.00693. The van der Waals surface area contributed by atoms with E-state index in [1.54, 1.807) is 0 Å². The number of nitrogens with one attached hydrogen (secondary N) is 1. The fourth-order valence-electron chi connectivity index (χ4n) is 1.84. The van der Waals surface area contributed by atoms with Gasteiger partial charge in [-0.3, -0.25) is 0 Å². The molecular formula is C14H20ClNO. The van der Waals surface area contributed by atoms with E-state index < -0.39 is 0 Å². The highest BCUT2D eigenvalue weighted by Crippen LogP contribution is 2.24. The molecule has 0 bridgehead atoms. The van der Waals surface area contributed by atoms with Gasteiger partial charge in [0.15, 0.2) is 0 Å². The van der Waals surface area contributed by atoms with E-state index in [2.05, 4.69) is 25.2 Å². The van der Waals surface area contributed by atoms with E-state index in [0.29, 0.717) is 6.04 Å². The van der Waals surface area contributed by atoms with Gasteiger partial charge >= 0.3 is 0 Å². The summed E-state index contributed by atoms with van der Waals surface area (Å²) in [7, 11) is 0. The van der Waals surface area contributed by atoms with Crippen LogP contribution in [0, 0.1) is 0 Å². The number of halogens is 1. The maximum absolute atomic E-state index is 6.02. The van der Waals surface area contributed by atoms with Crippen LogP contribution in [0.3, 0.4) is 0 Å². The standard InChI is InChI=1S/C14H20ClNO/c1-10(2)17-14(9-16-13-6-7-13)11-4-3-5-12(15)8-11/h3-5,8,10,13-14,16H,6-7,9H2,1-2H3. The molecule has 0 radical (unpaired) electrons. The molecule has 1 aliphatic rings. The summed E-state index contributed by atoms with van der Waals surface area (Å²) in [6.45, 7) is 4.99. The summed E-state index contributed by atoms with van der Waals surface area (Å²) >= 11 is 6.02. The molecule has 1 aliphatic carbocycles. The number of hydrogen-bond acceptors (Lipinski definition) is 2. The molecule has 17 heavy (non-hydrogen) atoms. The first-order valence-corrected chi connectivity index (χ1v) is 6.67. The van der Waals surface area contributed by atoms with Crippen molar-refractivity contribution in [1.29, 1.82) is 0 Å². The average molecular weight is 254 g/mol. The van der Waals surface area contributed by atoms with Crippen LogP contribution in [-0.2, 0) is 4.74 Å². The number of rotatable bonds is 6. The predicted molar refractivity (Wildman–Crippen MR) is 71.4 cm³/mol. The minimum Gasteiger partial charge on any atom is -0.370 e. The van der Waals surface area contributed by atoms with Crippen LogP contribution in [0.1, 0.15) is 38.4 Å². The molecule has 3 heteroatoms. The number of benzene rings is 1. The number of hydrogen-bond donors (Lipinski definition) is 1. The van der Waals surface area contributed by atoms with Gasteiger partial charge in [-0.15, -0.1) is 0 Å². The SMILES string of the molecule is CC(C)OC(CNC1CC1)c1cccc(Cl)c1. The monoisotopic (exact) mass is 253 g/mol. The van der Waals surface area contributed by atoms with Crippen LogP contribution in [0.5, 0.6) is 0 Å². The van der Waals surface area contributed by atoms with Crippen LogP contribution in [-0.4, -0.2) is 18.7 Å². The Labute approximate surface area is 108 Å². The third kappa shape index (κ3) is 4.30. The van der Waals surface area contributed by atoms with Crippen molar-refractivity contribution in [2.75, 3.05) is 6.54 Å². The Hall–Kier alpha value is -0.570. The molecule has 0 aliphatic heterocycles. The van der Waals surface area contributed by atoms with Gasteiger partial charge < -0.3 is 10.1 Å². The summed E-state index contributed by atoms with van der Waals surface area (Å²) in [5, 5.41) is 4.28. The summed E-state index contributed by atoms with van der Waals surface area (Å²) < 4.78 is 5.95. The topological polar surface area (TPSA) is 21.3 Å². The van der Waals surface area contributed by atoms with Crippen LogP contribution < -0.4 is 5.32 Å². The highest BCUT2D eigenvalue weighted by molar-refractivity contribution is 6.30. The quantitative estimate of drug-likeness (QED) is 0.837. The molecular weight excluding hydrogens is 234 g/mol. The molecule has 1 aromatic carbocycles. The van der Waals surface area contributed by atoms with Gasteiger partial charge in [-0.05, 0) is 44.4 Å². The van der Waals surface area contributed by atoms with E-state index in [4.69, 9.17) is 16.3 Å². The highest BCUT2D eigenvalue weighted by Gasteiger charge is 2.23. The third-order valence-corrected chi connectivity index (χ3v) is 3.06. The largest absolute Gasteiger partial charge is 0.370 e. The lowest BCUT2D eigenvalue weighted by Crippen LogP contribution is -2.26. The van der Waals surface area contributed by atoms with Crippen LogP contribution in [0.2, 0.25) is 5.02 Å². The van der Waals surface area contributed by atoms with Crippen molar-refractivity contribution >= 4 is 11.6 Å². The molecule has 1 fully saturated rings. The zero-order valence-electron chi connectivity index (χ0n) is 10.4. The smallest absolute Gasteiger partial charge is 0.0953 e. The Morgan fingerprint density at radius 1 is 1.41 bits per heavy atom. The Balaban J connectivity index is 2.01. The molecule has 0 spiro atoms. The van der Waals surface area contributed by atoms with E-state index in [1.165, 1.54) is 12.8 Å². The molecule has 0 amide bonds. The molecule has 1 aromatic rings. The summed E-state index contributed by atoms with van der Waals surface area (Å²) in [6.07, 6.45) is 2.91. The Kier molecular flexibility index (Phi) is 4.43. The average Bonchev–Trinajstić information content (AvgIpc) is 3.07. The van der Waals surface area contributed by atoms with Crippen molar-refractivity contribution in [3.63, 3.8) is 0 Å². The lowest BCUT2D eigenvalue weighted by atomic mass is 10.1. The van der Waals surface area contributed by atoms with Crippen LogP contribution in [0.25, 0.3) is 0 Å². The van der Waals surface area contributed by atoms with Crippen molar-refractivity contribution in [3.05, 3.63) is 34.9 Å². The van der Waals surface area contributed by atoms with E-state index in [9.17, 15) is 0 Å². The predicted octanol–water partition coefficient (Wildman–Crippen LogP) is 3.56. The zero-order chi connectivity index (χ0) is 12.3. The van der Waals surface area contributed by atoms with Gasteiger partial charge in [0, 0.05) is 17.6 Å². The van der Waals surface area contributed by atoms with Gasteiger partial charge in [0.25, 0.3) is 0 Å². The lowest BCUT2D eigenvalue weighted by Gasteiger charge is -2.21. The molecule has 1 N–H and O–H groups in total. The van der Waals surface area contributed by atoms with Crippen LogP contribution in [0.4, 0.5) is 0 Å². The molecule has 1 saturated carbocycles. The molecule has 0 heterocycles. The second-order valence-electron chi connectivity index (χ2n) is 4.91. The molecule has 94 valence electrons. The highest BCUT2D eigenvalue weighted by atomic mass is 35.5. The van der Waals surface area contributed by atoms with Crippen LogP contribution in [0.15, 0.2) is 24.3 Å². The molecule has 2 rings (SSSR count). The fraction of sp³-hybridized carbons (Fsp3) is 0.571. The van der Waals surface area contributed by atoms with Crippen molar-refractivity contribution in [1.82, 2.24) is 5.32 Å². The van der Waals surface area contributed by atoms with Gasteiger partial charge in [0.1, 0.15) is 0 Å². The minimum atomic E-state index is 0.0919. The molecule has 0 aromatic heterocycles. The maximum Gasteiger partial charge on any atom is 0.0953 e. The van der Waals surface area contributed by atoms with Gasteiger partial charge in [-0.2, -0.15) is 0 Å². The molecule has 2 nitrogen and oxygen atoms in total. The van der Waals surface area contributed by atoms with E-state index >= 15 is 0 Å². The minimum absolute atomic E-state index is 0.0919. The van der Waals surface area contributed by atoms with Crippen molar-refractivity contribution < 1.29 is 4.74 Å².